The second-order valence-electron chi connectivity index (χ2n) is 3.89. The zero-order valence-electron chi connectivity index (χ0n) is 8.89. The van der Waals surface area contributed by atoms with Crippen molar-refractivity contribution >= 4 is 15.8 Å². The van der Waals surface area contributed by atoms with E-state index in [4.69, 9.17) is 0 Å². The summed E-state index contributed by atoms with van der Waals surface area (Å²) in [4.78, 5) is 11.1. The minimum absolute atomic E-state index is 0.0807. The van der Waals surface area contributed by atoms with E-state index >= 15 is 0 Å². The molecule has 1 aliphatic heterocycles. The van der Waals surface area contributed by atoms with Crippen LogP contribution >= 0.6 is 0 Å². The fourth-order valence-corrected chi connectivity index (χ4v) is 3.43. The lowest BCUT2D eigenvalue weighted by Gasteiger charge is -2.02. The van der Waals surface area contributed by atoms with Crippen LogP contribution < -0.4 is 0 Å². The standard InChI is InChI=1S/C11H12O4S/c1-15-11(12)5-8-2-3-9-6-16(13,14)7-10(9)4-8/h2-4H,5-7H2,1H3. The van der Waals surface area contributed by atoms with Gasteiger partial charge in [0, 0.05) is 0 Å². The molecule has 0 spiro atoms. The summed E-state index contributed by atoms with van der Waals surface area (Å²) in [5.74, 6) is -0.126. The van der Waals surface area contributed by atoms with Gasteiger partial charge in [-0.1, -0.05) is 18.2 Å². The Hall–Kier alpha value is -1.36. The van der Waals surface area contributed by atoms with E-state index in [1.165, 1.54) is 7.11 Å². The van der Waals surface area contributed by atoms with E-state index in [1.807, 2.05) is 0 Å². The number of sulfone groups is 1. The molecule has 0 N–H and O–H groups in total. The monoisotopic (exact) mass is 240 g/mol. The third-order valence-electron chi connectivity index (χ3n) is 2.60. The number of hydrogen-bond donors (Lipinski definition) is 0. The number of carbonyl (C=O) groups excluding carboxylic acids is 1. The molecule has 86 valence electrons. The number of benzene rings is 1. The average molecular weight is 240 g/mol. The van der Waals surface area contributed by atoms with Crippen LogP contribution in [0, 0.1) is 0 Å². The minimum Gasteiger partial charge on any atom is -0.469 e. The molecule has 1 heterocycles. The van der Waals surface area contributed by atoms with E-state index in [0.717, 1.165) is 16.7 Å². The molecule has 1 aromatic carbocycles. The van der Waals surface area contributed by atoms with Crippen LogP contribution in [0.5, 0.6) is 0 Å². The maximum atomic E-state index is 11.4. The largest absolute Gasteiger partial charge is 0.469 e. The van der Waals surface area contributed by atoms with Crippen LogP contribution in [0.1, 0.15) is 16.7 Å². The smallest absolute Gasteiger partial charge is 0.309 e. The number of carbonyl (C=O) groups is 1. The van der Waals surface area contributed by atoms with Gasteiger partial charge in [-0.2, -0.15) is 0 Å². The fourth-order valence-electron chi connectivity index (χ4n) is 1.83. The van der Waals surface area contributed by atoms with Gasteiger partial charge in [-0.3, -0.25) is 4.79 Å². The molecule has 16 heavy (non-hydrogen) atoms. The van der Waals surface area contributed by atoms with Crippen molar-refractivity contribution in [3.05, 3.63) is 34.9 Å². The van der Waals surface area contributed by atoms with E-state index in [2.05, 4.69) is 4.74 Å². The van der Waals surface area contributed by atoms with Gasteiger partial charge in [0.25, 0.3) is 0 Å². The zero-order chi connectivity index (χ0) is 11.8. The molecular weight excluding hydrogens is 228 g/mol. The lowest BCUT2D eigenvalue weighted by Crippen LogP contribution is -2.04. The van der Waals surface area contributed by atoms with Crippen LogP contribution in [0.3, 0.4) is 0 Å². The summed E-state index contributed by atoms with van der Waals surface area (Å²) in [6, 6.07) is 5.32. The molecule has 0 aromatic heterocycles. The Kier molecular flexibility index (Phi) is 2.71. The maximum Gasteiger partial charge on any atom is 0.309 e. The molecule has 0 radical (unpaired) electrons. The third-order valence-corrected chi connectivity index (χ3v) is 4.10. The predicted octanol–water partition coefficient (Wildman–Crippen LogP) is 0.831. The molecule has 0 bridgehead atoms. The molecule has 0 aliphatic carbocycles. The highest BCUT2D eigenvalue weighted by Crippen LogP contribution is 2.25. The first-order valence-electron chi connectivity index (χ1n) is 4.88. The molecule has 0 saturated heterocycles. The van der Waals surface area contributed by atoms with Gasteiger partial charge in [-0.25, -0.2) is 8.42 Å². The first-order valence-corrected chi connectivity index (χ1v) is 6.70. The Bertz CT molecular complexity index is 531. The van der Waals surface area contributed by atoms with Crippen LogP contribution in [0.15, 0.2) is 18.2 Å². The van der Waals surface area contributed by atoms with Gasteiger partial charge in [0.2, 0.25) is 0 Å². The Morgan fingerprint density at radius 2 is 2.00 bits per heavy atom. The van der Waals surface area contributed by atoms with Crippen molar-refractivity contribution in [2.24, 2.45) is 0 Å². The highest BCUT2D eigenvalue weighted by molar-refractivity contribution is 7.90. The van der Waals surface area contributed by atoms with E-state index in [9.17, 15) is 13.2 Å². The third kappa shape index (κ3) is 2.24. The second kappa shape index (κ2) is 3.90. The van der Waals surface area contributed by atoms with Crippen LogP contribution in [-0.2, 0) is 37.3 Å². The topological polar surface area (TPSA) is 60.4 Å². The van der Waals surface area contributed by atoms with Crippen molar-refractivity contribution in [2.75, 3.05) is 7.11 Å². The minimum atomic E-state index is -2.97. The van der Waals surface area contributed by atoms with Crippen molar-refractivity contribution in [2.45, 2.75) is 17.9 Å². The number of fused-ring (bicyclic) bond motifs is 1. The van der Waals surface area contributed by atoms with Crippen LogP contribution in [-0.4, -0.2) is 21.5 Å². The Morgan fingerprint density at radius 3 is 2.69 bits per heavy atom. The van der Waals surface area contributed by atoms with Gasteiger partial charge in [-0.05, 0) is 16.7 Å². The molecule has 0 atom stereocenters. The zero-order valence-corrected chi connectivity index (χ0v) is 9.71. The Balaban J connectivity index is 2.26. The molecule has 1 aliphatic rings. The van der Waals surface area contributed by atoms with Gasteiger partial charge in [0.15, 0.2) is 9.84 Å². The Labute approximate surface area is 94.2 Å². The predicted molar refractivity (Wildman–Crippen MR) is 58.5 cm³/mol. The fraction of sp³-hybridized carbons (Fsp3) is 0.364. The molecule has 1 aromatic rings. The number of esters is 1. The molecular formula is C11H12O4S. The first-order chi connectivity index (χ1) is 7.50. The van der Waals surface area contributed by atoms with Gasteiger partial charge in [0.1, 0.15) is 0 Å². The lowest BCUT2D eigenvalue weighted by atomic mass is 10.0. The Morgan fingerprint density at radius 1 is 1.31 bits per heavy atom. The number of methoxy groups -OCH3 is 1. The number of ether oxygens (including phenoxy) is 1. The molecule has 0 saturated carbocycles. The van der Waals surface area contributed by atoms with Crippen LogP contribution in [0.2, 0.25) is 0 Å². The van der Waals surface area contributed by atoms with Crippen molar-refractivity contribution in [3.63, 3.8) is 0 Å². The van der Waals surface area contributed by atoms with Gasteiger partial charge in [0.05, 0.1) is 25.0 Å². The van der Waals surface area contributed by atoms with Crippen molar-refractivity contribution in [3.8, 4) is 0 Å². The molecule has 5 heteroatoms. The highest BCUT2D eigenvalue weighted by Gasteiger charge is 2.24. The SMILES string of the molecule is COC(=O)Cc1ccc2c(c1)CS(=O)(=O)C2. The summed E-state index contributed by atoms with van der Waals surface area (Å²) in [7, 11) is -1.64. The maximum absolute atomic E-state index is 11.4. The van der Waals surface area contributed by atoms with E-state index in [0.29, 0.717) is 0 Å². The molecule has 0 fully saturated rings. The summed E-state index contributed by atoms with van der Waals surface area (Å²) in [5.41, 5.74) is 2.44. The van der Waals surface area contributed by atoms with E-state index in [-0.39, 0.29) is 23.9 Å². The van der Waals surface area contributed by atoms with Gasteiger partial charge >= 0.3 is 5.97 Å². The summed E-state index contributed by atoms with van der Waals surface area (Å²) in [6.07, 6.45) is 0.184. The molecule has 0 amide bonds. The second-order valence-corrected chi connectivity index (χ2v) is 5.95. The summed E-state index contributed by atoms with van der Waals surface area (Å²) in [5, 5.41) is 0. The quantitative estimate of drug-likeness (QED) is 0.718. The van der Waals surface area contributed by atoms with Crippen molar-refractivity contribution in [1.29, 1.82) is 0 Å². The van der Waals surface area contributed by atoms with Crippen LogP contribution in [0.25, 0.3) is 0 Å². The summed E-state index contributed by atoms with van der Waals surface area (Å²) in [6.45, 7) is 0. The highest BCUT2D eigenvalue weighted by atomic mass is 32.2. The number of hydrogen-bond acceptors (Lipinski definition) is 4. The van der Waals surface area contributed by atoms with E-state index < -0.39 is 9.84 Å². The summed E-state index contributed by atoms with van der Waals surface area (Å²) < 4.78 is 27.3. The van der Waals surface area contributed by atoms with Crippen LogP contribution in [0.4, 0.5) is 0 Å². The number of rotatable bonds is 2. The summed E-state index contributed by atoms with van der Waals surface area (Å²) >= 11 is 0. The molecule has 0 unspecified atom stereocenters. The molecule has 2 rings (SSSR count). The van der Waals surface area contributed by atoms with Gasteiger partial charge in [-0.15, -0.1) is 0 Å². The van der Waals surface area contributed by atoms with Gasteiger partial charge < -0.3 is 4.74 Å². The average Bonchev–Trinajstić information content (AvgIpc) is 2.51. The normalized spacial score (nSPS) is 16.8. The van der Waals surface area contributed by atoms with Crippen molar-refractivity contribution < 1.29 is 17.9 Å². The van der Waals surface area contributed by atoms with E-state index in [1.54, 1.807) is 18.2 Å². The lowest BCUT2D eigenvalue weighted by molar-refractivity contribution is -0.139. The van der Waals surface area contributed by atoms with Crippen molar-refractivity contribution in [1.82, 2.24) is 0 Å². The molecule has 4 nitrogen and oxygen atoms in total. The first kappa shape index (κ1) is 11.1.